The van der Waals surface area contributed by atoms with Gasteiger partial charge in [0, 0.05) is 35.4 Å². The van der Waals surface area contributed by atoms with Crippen molar-refractivity contribution in [2.24, 2.45) is 5.92 Å². The summed E-state index contributed by atoms with van der Waals surface area (Å²) in [5.74, 6) is -0.619. The number of anilines is 2. The van der Waals surface area contributed by atoms with Crippen molar-refractivity contribution in [1.29, 1.82) is 0 Å². The van der Waals surface area contributed by atoms with Gasteiger partial charge in [-0.1, -0.05) is 15.9 Å². The largest absolute Gasteiger partial charge is 0.484 e. The number of aliphatic hydroxyl groups is 1. The van der Waals surface area contributed by atoms with Crippen molar-refractivity contribution in [1.82, 2.24) is 5.32 Å². The average molecular weight is 504 g/mol. The van der Waals surface area contributed by atoms with Crippen molar-refractivity contribution in [3.8, 4) is 5.75 Å². The van der Waals surface area contributed by atoms with E-state index in [9.17, 15) is 19.5 Å². The number of ether oxygens (including phenoxy) is 1. The molecule has 9 heteroatoms. The van der Waals surface area contributed by atoms with E-state index in [4.69, 9.17) is 4.74 Å². The van der Waals surface area contributed by atoms with Gasteiger partial charge in [-0.2, -0.15) is 0 Å². The number of nitrogens with one attached hydrogen (secondary N) is 2. The van der Waals surface area contributed by atoms with Gasteiger partial charge in [-0.3, -0.25) is 14.4 Å². The van der Waals surface area contributed by atoms with Crippen LogP contribution in [0.25, 0.3) is 0 Å². The van der Waals surface area contributed by atoms with Gasteiger partial charge in [0.1, 0.15) is 5.75 Å². The molecule has 1 aliphatic rings. The third-order valence-electron chi connectivity index (χ3n) is 5.05. The van der Waals surface area contributed by atoms with Gasteiger partial charge in [0.15, 0.2) is 6.61 Å². The third-order valence-corrected chi connectivity index (χ3v) is 5.54. The van der Waals surface area contributed by atoms with Crippen molar-refractivity contribution in [3.05, 3.63) is 52.5 Å². The number of hydrogen-bond acceptors (Lipinski definition) is 5. The van der Waals surface area contributed by atoms with Gasteiger partial charge >= 0.3 is 0 Å². The molecule has 0 spiro atoms. The summed E-state index contributed by atoms with van der Waals surface area (Å²) in [6, 6.07) is 12.4. The van der Waals surface area contributed by atoms with E-state index in [2.05, 4.69) is 26.6 Å². The normalized spacial score (nSPS) is 16.6. The standard InChI is InChI=1S/C23H26BrN3O5/c1-14-9-17(24)3-8-20(14)26-21(29)13-32-19-6-4-18(5-7-19)27-12-16(10-22(27)30)23(31)25-11-15(2)28/h3-9,15-16,28H,10-13H2,1-2H3,(H,25,31)(H,26,29)/t15-,16-/m1/s1. The maximum absolute atomic E-state index is 12.4. The quantitative estimate of drug-likeness (QED) is 0.513. The summed E-state index contributed by atoms with van der Waals surface area (Å²) in [6.07, 6.45) is -0.514. The highest BCUT2D eigenvalue weighted by molar-refractivity contribution is 9.10. The molecule has 1 fully saturated rings. The summed E-state index contributed by atoms with van der Waals surface area (Å²) in [6.45, 7) is 3.77. The third kappa shape index (κ3) is 6.30. The van der Waals surface area contributed by atoms with E-state index in [1.54, 1.807) is 36.1 Å². The number of halogens is 1. The highest BCUT2D eigenvalue weighted by Crippen LogP contribution is 2.27. The molecular formula is C23H26BrN3O5. The fraction of sp³-hybridized carbons (Fsp3) is 0.348. The van der Waals surface area contributed by atoms with Crippen LogP contribution in [0.5, 0.6) is 5.75 Å². The number of benzene rings is 2. The van der Waals surface area contributed by atoms with Crippen molar-refractivity contribution < 1.29 is 24.2 Å². The second kappa shape index (κ2) is 10.6. The van der Waals surface area contributed by atoms with Crippen LogP contribution in [0.2, 0.25) is 0 Å². The van der Waals surface area contributed by atoms with Gasteiger partial charge in [-0.15, -0.1) is 0 Å². The number of aliphatic hydroxyl groups excluding tert-OH is 1. The zero-order valence-electron chi connectivity index (χ0n) is 17.9. The molecule has 3 N–H and O–H groups in total. The zero-order chi connectivity index (χ0) is 23.3. The molecule has 3 amide bonds. The van der Waals surface area contributed by atoms with Crippen LogP contribution in [-0.4, -0.2) is 48.6 Å². The Balaban J connectivity index is 1.52. The van der Waals surface area contributed by atoms with Crippen molar-refractivity contribution in [3.63, 3.8) is 0 Å². The van der Waals surface area contributed by atoms with Crippen molar-refractivity contribution in [2.45, 2.75) is 26.4 Å². The number of rotatable bonds is 8. The molecule has 1 heterocycles. The summed E-state index contributed by atoms with van der Waals surface area (Å²) in [5, 5.41) is 14.8. The Morgan fingerprint density at radius 1 is 1.25 bits per heavy atom. The summed E-state index contributed by atoms with van der Waals surface area (Å²) in [7, 11) is 0. The lowest BCUT2D eigenvalue weighted by molar-refractivity contribution is -0.126. The SMILES string of the molecule is Cc1cc(Br)ccc1NC(=O)COc1ccc(N2C[C@H](C(=O)NC[C@@H](C)O)CC2=O)cc1. The molecule has 8 nitrogen and oxygen atoms in total. The number of carbonyl (C=O) groups excluding carboxylic acids is 3. The minimum Gasteiger partial charge on any atom is -0.484 e. The van der Waals surface area contributed by atoms with Crippen LogP contribution in [0.4, 0.5) is 11.4 Å². The highest BCUT2D eigenvalue weighted by atomic mass is 79.9. The van der Waals surface area contributed by atoms with Crippen LogP contribution < -0.4 is 20.3 Å². The van der Waals surface area contributed by atoms with Crippen LogP contribution in [0.1, 0.15) is 18.9 Å². The molecule has 2 aromatic rings. The summed E-state index contributed by atoms with van der Waals surface area (Å²) in [5.41, 5.74) is 2.31. The van der Waals surface area contributed by atoms with Crippen LogP contribution >= 0.6 is 15.9 Å². The van der Waals surface area contributed by atoms with E-state index in [0.29, 0.717) is 11.4 Å². The van der Waals surface area contributed by atoms with Gasteiger partial charge < -0.3 is 25.4 Å². The molecule has 0 bridgehead atoms. The number of hydrogen-bond donors (Lipinski definition) is 3. The van der Waals surface area contributed by atoms with Crippen molar-refractivity contribution >= 4 is 45.0 Å². The maximum atomic E-state index is 12.4. The van der Waals surface area contributed by atoms with E-state index < -0.39 is 12.0 Å². The number of carbonyl (C=O) groups is 3. The van der Waals surface area contributed by atoms with E-state index >= 15 is 0 Å². The lowest BCUT2D eigenvalue weighted by atomic mass is 10.1. The number of aryl methyl sites for hydroxylation is 1. The minimum atomic E-state index is -0.638. The molecular weight excluding hydrogens is 478 g/mol. The maximum Gasteiger partial charge on any atom is 0.262 e. The fourth-order valence-electron chi connectivity index (χ4n) is 3.35. The molecule has 0 aliphatic carbocycles. The Morgan fingerprint density at radius 3 is 2.62 bits per heavy atom. The van der Waals surface area contributed by atoms with Gasteiger partial charge in [-0.25, -0.2) is 0 Å². The Hall–Kier alpha value is -2.91. The van der Waals surface area contributed by atoms with E-state index in [0.717, 1.165) is 15.7 Å². The molecule has 1 aliphatic heterocycles. The molecule has 0 aromatic heterocycles. The van der Waals surface area contributed by atoms with Gasteiger partial charge in [-0.05, 0) is 61.9 Å². The van der Waals surface area contributed by atoms with E-state index in [1.165, 1.54) is 0 Å². The number of nitrogens with zero attached hydrogens (tertiary/aromatic N) is 1. The van der Waals surface area contributed by atoms with Gasteiger partial charge in [0.05, 0.1) is 12.0 Å². The van der Waals surface area contributed by atoms with E-state index in [1.807, 2.05) is 25.1 Å². The first-order chi connectivity index (χ1) is 15.2. The molecule has 0 saturated carbocycles. The summed E-state index contributed by atoms with van der Waals surface area (Å²) < 4.78 is 6.49. The molecule has 2 atom stereocenters. The second-order valence-electron chi connectivity index (χ2n) is 7.79. The minimum absolute atomic E-state index is 0.125. The topological polar surface area (TPSA) is 108 Å². The smallest absolute Gasteiger partial charge is 0.262 e. The molecule has 1 saturated heterocycles. The molecule has 3 rings (SSSR count). The summed E-state index contributed by atoms with van der Waals surface area (Å²) >= 11 is 3.39. The Labute approximate surface area is 195 Å². The van der Waals surface area contributed by atoms with Crippen LogP contribution in [-0.2, 0) is 14.4 Å². The first-order valence-electron chi connectivity index (χ1n) is 10.3. The van der Waals surface area contributed by atoms with Crippen LogP contribution in [0.3, 0.4) is 0 Å². The number of amides is 3. The van der Waals surface area contributed by atoms with Crippen molar-refractivity contribution in [2.75, 3.05) is 29.9 Å². The average Bonchev–Trinajstić information content (AvgIpc) is 3.14. The zero-order valence-corrected chi connectivity index (χ0v) is 19.5. The predicted octanol–water partition coefficient (Wildman–Crippen LogP) is 2.62. The molecule has 0 radical (unpaired) electrons. The molecule has 2 aromatic carbocycles. The monoisotopic (exact) mass is 503 g/mol. The fourth-order valence-corrected chi connectivity index (χ4v) is 3.83. The van der Waals surface area contributed by atoms with E-state index in [-0.39, 0.29) is 43.8 Å². The van der Waals surface area contributed by atoms with Gasteiger partial charge in [0.25, 0.3) is 5.91 Å². The highest BCUT2D eigenvalue weighted by Gasteiger charge is 2.35. The van der Waals surface area contributed by atoms with Crippen LogP contribution in [0.15, 0.2) is 46.9 Å². The molecule has 32 heavy (non-hydrogen) atoms. The summed E-state index contributed by atoms with van der Waals surface area (Å²) in [4.78, 5) is 38.3. The second-order valence-corrected chi connectivity index (χ2v) is 8.71. The predicted molar refractivity (Wildman–Crippen MR) is 125 cm³/mol. The van der Waals surface area contributed by atoms with Crippen LogP contribution in [0, 0.1) is 12.8 Å². The first-order valence-corrected chi connectivity index (χ1v) is 11.1. The Kier molecular flexibility index (Phi) is 7.87. The Bertz CT molecular complexity index is 994. The molecule has 170 valence electrons. The van der Waals surface area contributed by atoms with Gasteiger partial charge in [0.2, 0.25) is 11.8 Å². The lowest BCUT2D eigenvalue weighted by Crippen LogP contribution is -2.36. The Morgan fingerprint density at radius 2 is 1.97 bits per heavy atom. The first kappa shape index (κ1) is 23.7. The lowest BCUT2D eigenvalue weighted by Gasteiger charge is -2.17. The molecule has 0 unspecified atom stereocenters.